The summed E-state index contributed by atoms with van der Waals surface area (Å²) in [6.07, 6.45) is -0.595. The van der Waals surface area contributed by atoms with Gasteiger partial charge in [0.25, 0.3) is 0 Å². The topological polar surface area (TPSA) is 20.2 Å². The Bertz CT molecular complexity index is 633. The first-order valence-electron chi connectivity index (χ1n) is 6.85. The first-order chi connectivity index (χ1) is 9.34. The van der Waals surface area contributed by atoms with Gasteiger partial charge in [0.1, 0.15) is 6.10 Å². The zero-order valence-corrected chi connectivity index (χ0v) is 14.3. The normalized spacial score (nSPS) is 12.6. The highest BCUT2D eigenvalue weighted by atomic mass is 79.9. The number of hydrogen-bond donors (Lipinski definition) is 1. The minimum atomic E-state index is -0.595. The second-order valence-electron chi connectivity index (χ2n) is 5.55. The van der Waals surface area contributed by atoms with Gasteiger partial charge in [-0.05, 0) is 73.6 Å². The molecule has 0 aliphatic rings. The predicted molar refractivity (Wildman–Crippen MR) is 88.3 cm³/mol. The quantitative estimate of drug-likeness (QED) is 0.813. The molecule has 1 unspecified atom stereocenters. The SMILES string of the molecule is Cc1cc(C)c(C)c(C(O)c2cccc(C)c2Br)c1C. The maximum atomic E-state index is 10.9. The molecule has 0 radical (unpaired) electrons. The van der Waals surface area contributed by atoms with Gasteiger partial charge in [0.2, 0.25) is 0 Å². The van der Waals surface area contributed by atoms with Crippen LogP contribution in [0.5, 0.6) is 0 Å². The molecule has 0 saturated heterocycles. The minimum absolute atomic E-state index is 0.595. The Hall–Kier alpha value is -1.12. The predicted octanol–water partition coefficient (Wildman–Crippen LogP) is 5.07. The average molecular weight is 333 g/mol. The van der Waals surface area contributed by atoms with E-state index in [0.717, 1.165) is 21.2 Å². The number of rotatable bonds is 2. The van der Waals surface area contributed by atoms with Crippen molar-refractivity contribution in [3.05, 3.63) is 67.7 Å². The summed E-state index contributed by atoms with van der Waals surface area (Å²) in [6, 6.07) is 8.21. The van der Waals surface area contributed by atoms with Crippen molar-refractivity contribution in [2.45, 2.75) is 40.7 Å². The van der Waals surface area contributed by atoms with Crippen molar-refractivity contribution in [2.24, 2.45) is 0 Å². The van der Waals surface area contributed by atoms with Gasteiger partial charge in [-0.25, -0.2) is 0 Å². The molecule has 0 heterocycles. The van der Waals surface area contributed by atoms with Crippen molar-refractivity contribution in [2.75, 3.05) is 0 Å². The Morgan fingerprint density at radius 1 is 0.900 bits per heavy atom. The highest BCUT2D eigenvalue weighted by Gasteiger charge is 2.20. The van der Waals surface area contributed by atoms with Gasteiger partial charge in [-0.1, -0.05) is 40.2 Å². The first-order valence-corrected chi connectivity index (χ1v) is 7.64. The van der Waals surface area contributed by atoms with Gasteiger partial charge in [-0.3, -0.25) is 0 Å². The third kappa shape index (κ3) is 2.55. The van der Waals surface area contributed by atoms with Crippen LogP contribution in [-0.4, -0.2) is 5.11 Å². The maximum Gasteiger partial charge on any atom is 0.106 e. The largest absolute Gasteiger partial charge is 0.384 e. The van der Waals surface area contributed by atoms with Crippen molar-refractivity contribution in [3.8, 4) is 0 Å². The fraction of sp³-hybridized carbons (Fsp3) is 0.333. The third-order valence-corrected chi connectivity index (χ3v) is 5.30. The number of aryl methyl sites for hydroxylation is 3. The summed E-state index contributed by atoms with van der Waals surface area (Å²) in [4.78, 5) is 0. The molecule has 1 nitrogen and oxygen atoms in total. The molecule has 0 aliphatic carbocycles. The van der Waals surface area contributed by atoms with E-state index < -0.39 is 6.10 Å². The lowest BCUT2D eigenvalue weighted by Crippen LogP contribution is -2.08. The van der Waals surface area contributed by atoms with Crippen LogP contribution in [0, 0.1) is 34.6 Å². The van der Waals surface area contributed by atoms with Crippen LogP contribution in [0.15, 0.2) is 28.7 Å². The summed E-state index contributed by atoms with van der Waals surface area (Å²) in [5, 5.41) is 10.9. The van der Waals surface area contributed by atoms with E-state index in [2.05, 4.69) is 49.7 Å². The lowest BCUT2D eigenvalue weighted by molar-refractivity contribution is 0.217. The molecule has 2 rings (SSSR count). The van der Waals surface area contributed by atoms with Crippen LogP contribution in [0.2, 0.25) is 0 Å². The van der Waals surface area contributed by atoms with Crippen LogP contribution in [0.3, 0.4) is 0 Å². The lowest BCUT2D eigenvalue weighted by Gasteiger charge is -2.22. The molecule has 2 aromatic carbocycles. The van der Waals surface area contributed by atoms with E-state index in [9.17, 15) is 5.11 Å². The Balaban J connectivity index is 2.65. The molecule has 0 saturated carbocycles. The van der Waals surface area contributed by atoms with Gasteiger partial charge in [0, 0.05) is 4.47 Å². The summed E-state index contributed by atoms with van der Waals surface area (Å²) in [5.74, 6) is 0. The van der Waals surface area contributed by atoms with Gasteiger partial charge in [0.15, 0.2) is 0 Å². The van der Waals surface area contributed by atoms with Gasteiger partial charge in [-0.2, -0.15) is 0 Å². The minimum Gasteiger partial charge on any atom is -0.384 e. The molecule has 0 spiro atoms. The number of halogens is 1. The van der Waals surface area contributed by atoms with Crippen LogP contribution in [0.4, 0.5) is 0 Å². The maximum absolute atomic E-state index is 10.9. The Labute approximate surface area is 129 Å². The standard InChI is InChI=1S/C18H21BrO/c1-10-7-6-8-15(17(10)19)18(20)16-13(4)11(2)9-12(3)14(16)5/h6-9,18,20H,1-5H3. The average Bonchev–Trinajstić information content (AvgIpc) is 2.40. The molecule has 0 fully saturated rings. The van der Waals surface area contributed by atoms with Gasteiger partial charge >= 0.3 is 0 Å². The number of aliphatic hydroxyl groups excluding tert-OH is 1. The number of hydrogen-bond acceptors (Lipinski definition) is 1. The lowest BCUT2D eigenvalue weighted by atomic mass is 9.88. The molecule has 0 bridgehead atoms. The van der Waals surface area contributed by atoms with E-state index in [1.54, 1.807) is 0 Å². The smallest absolute Gasteiger partial charge is 0.106 e. The summed E-state index contributed by atoms with van der Waals surface area (Å²) in [5.41, 5.74) is 7.91. The van der Waals surface area contributed by atoms with E-state index in [-0.39, 0.29) is 0 Å². The molecular formula is C18H21BrO. The molecule has 106 valence electrons. The zero-order chi connectivity index (χ0) is 15.0. The second-order valence-corrected chi connectivity index (χ2v) is 6.35. The van der Waals surface area contributed by atoms with Crippen molar-refractivity contribution in [1.82, 2.24) is 0 Å². The van der Waals surface area contributed by atoms with E-state index in [1.165, 1.54) is 22.3 Å². The third-order valence-electron chi connectivity index (χ3n) is 4.21. The Morgan fingerprint density at radius 3 is 2.00 bits per heavy atom. The molecule has 0 aromatic heterocycles. The van der Waals surface area contributed by atoms with E-state index >= 15 is 0 Å². The van der Waals surface area contributed by atoms with Crippen LogP contribution >= 0.6 is 15.9 Å². The van der Waals surface area contributed by atoms with Crippen LogP contribution in [0.1, 0.15) is 45.0 Å². The Kier molecular flexibility index (Phi) is 4.36. The molecular weight excluding hydrogens is 312 g/mol. The fourth-order valence-electron chi connectivity index (χ4n) is 2.69. The molecule has 2 aromatic rings. The first kappa shape index (κ1) is 15.3. The van der Waals surface area contributed by atoms with Crippen LogP contribution in [0.25, 0.3) is 0 Å². The fourth-order valence-corrected chi connectivity index (χ4v) is 3.18. The monoisotopic (exact) mass is 332 g/mol. The number of aliphatic hydroxyl groups is 1. The van der Waals surface area contributed by atoms with Crippen molar-refractivity contribution >= 4 is 15.9 Å². The van der Waals surface area contributed by atoms with E-state index in [4.69, 9.17) is 0 Å². The van der Waals surface area contributed by atoms with Crippen molar-refractivity contribution in [1.29, 1.82) is 0 Å². The van der Waals surface area contributed by atoms with E-state index in [1.807, 2.05) is 25.1 Å². The molecule has 0 aliphatic heterocycles. The summed E-state index contributed by atoms with van der Waals surface area (Å²) in [6.45, 7) is 10.4. The van der Waals surface area contributed by atoms with Crippen LogP contribution in [-0.2, 0) is 0 Å². The summed E-state index contributed by atoms with van der Waals surface area (Å²) < 4.78 is 0.991. The highest BCUT2D eigenvalue weighted by molar-refractivity contribution is 9.10. The van der Waals surface area contributed by atoms with Crippen molar-refractivity contribution in [3.63, 3.8) is 0 Å². The molecule has 1 atom stereocenters. The molecule has 1 N–H and O–H groups in total. The second kappa shape index (κ2) is 5.71. The molecule has 2 heteroatoms. The van der Waals surface area contributed by atoms with Gasteiger partial charge in [0.05, 0.1) is 0 Å². The van der Waals surface area contributed by atoms with Crippen LogP contribution < -0.4 is 0 Å². The van der Waals surface area contributed by atoms with Crippen molar-refractivity contribution < 1.29 is 5.11 Å². The number of benzene rings is 2. The zero-order valence-electron chi connectivity index (χ0n) is 12.7. The van der Waals surface area contributed by atoms with Gasteiger partial charge in [-0.15, -0.1) is 0 Å². The molecule has 20 heavy (non-hydrogen) atoms. The molecule has 0 amide bonds. The summed E-state index contributed by atoms with van der Waals surface area (Å²) >= 11 is 3.60. The summed E-state index contributed by atoms with van der Waals surface area (Å²) in [7, 11) is 0. The Morgan fingerprint density at radius 2 is 1.45 bits per heavy atom. The van der Waals surface area contributed by atoms with Gasteiger partial charge < -0.3 is 5.11 Å². The highest BCUT2D eigenvalue weighted by Crippen LogP contribution is 2.35. The van der Waals surface area contributed by atoms with E-state index in [0.29, 0.717) is 0 Å².